The predicted molar refractivity (Wildman–Crippen MR) is 60.0 cm³/mol. The van der Waals surface area contributed by atoms with Crippen molar-refractivity contribution in [1.82, 2.24) is 0 Å². The standard InChI is InChI=1S/C11H22N2O2/c1-2-9-4-3-5-10(8-9)15-7-6-11(12)13-14/h9-10,14H,2-8H2,1H3,(H2,12,13). The van der Waals surface area contributed by atoms with Crippen molar-refractivity contribution in [2.75, 3.05) is 6.61 Å². The first-order valence-corrected chi connectivity index (χ1v) is 5.84. The van der Waals surface area contributed by atoms with Gasteiger partial charge in [-0.3, -0.25) is 0 Å². The number of oxime groups is 1. The monoisotopic (exact) mass is 214 g/mol. The van der Waals surface area contributed by atoms with Gasteiger partial charge in [0.25, 0.3) is 0 Å². The molecule has 0 radical (unpaired) electrons. The van der Waals surface area contributed by atoms with E-state index in [0.717, 1.165) is 12.3 Å². The maximum absolute atomic E-state index is 8.36. The van der Waals surface area contributed by atoms with E-state index < -0.39 is 0 Å². The summed E-state index contributed by atoms with van der Waals surface area (Å²) in [5.74, 6) is 1.07. The second-order valence-corrected chi connectivity index (χ2v) is 4.28. The number of amidine groups is 1. The molecule has 88 valence electrons. The molecule has 3 N–H and O–H groups in total. The van der Waals surface area contributed by atoms with Gasteiger partial charge in [0.1, 0.15) is 5.84 Å². The zero-order chi connectivity index (χ0) is 11.1. The van der Waals surface area contributed by atoms with Crippen LogP contribution in [-0.2, 0) is 4.74 Å². The molecule has 0 aliphatic heterocycles. The van der Waals surface area contributed by atoms with Gasteiger partial charge in [0.2, 0.25) is 0 Å². The SMILES string of the molecule is CCC1CCCC(OCCC(N)=NO)C1. The van der Waals surface area contributed by atoms with Gasteiger partial charge >= 0.3 is 0 Å². The molecular weight excluding hydrogens is 192 g/mol. The topological polar surface area (TPSA) is 67.8 Å². The van der Waals surface area contributed by atoms with Gasteiger partial charge < -0.3 is 15.7 Å². The molecule has 1 saturated carbocycles. The summed E-state index contributed by atoms with van der Waals surface area (Å²) in [5.41, 5.74) is 5.36. The highest BCUT2D eigenvalue weighted by molar-refractivity contribution is 5.79. The van der Waals surface area contributed by atoms with Crippen molar-refractivity contribution in [3.8, 4) is 0 Å². The number of ether oxygens (including phenoxy) is 1. The van der Waals surface area contributed by atoms with Crippen LogP contribution in [0.25, 0.3) is 0 Å². The van der Waals surface area contributed by atoms with E-state index in [1.165, 1.54) is 25.7 Å². The largest absolute Gasteiger partial charge is 0.409 e. The summed E-state index contributed by atoms with van der Waals surface area (Å²) in [6.45, 7) is 2.81. The van der Waals surface area contributed by atoms with Crippen molar-refractivity contribution in [2.45, 2.75) is 51.6 Å². The highest BCUT2D eigenvalue weighted by Crippen LogP contribution is 2.28. The summed E-state index contributed by atoms with van der Waals surface area (Å²) in [4.78, 5) is 0. The van der Waals surface area contributed by atoms with Gasteiger partial charge in [0, 0.05) is 6.42 Å². The zero-order valence-electron chi connectivity index (χ0n) is 9.48. The minimum Gasteiger partial charge on any atom is -0.409 e. The summed E-state index contributed by atoms with van der Waals surface area (Å²) >= 11 is 0. The highest BCUT2D eigenvalue weighted by atomic mass is 16.5. The van der Waals surface area contributed by atoms with Crippen LogP contribution >= 0.6 is 0 Å². The van der Waals surface area contributed by atoms with Gasteiger partial charge in [0.15, 0.2) is 0 Å². The van der Waals surface area contributed by atoms with Crippen molar-refractivity contribution in [2.24, 2.45) is 16.8 Å². The van der Waals surface area contributed by atoms with E-state index in [2.05, 4.69) is 12.1 Å². The molecule has 1 aliphatic carbocycles. The Morgan fingerprint density at radius 1 is 1.53 bits per heavy atom. The molecule has 2 unspecified atom stereocenters. The lowest BCUT2D eigenvalue weighted by Gasteiger charge is -2.28. The maximum Gasteiger partial charge on any atom is 0.141 e. The van der Waals surface area contributed by atoms with Crippen LogP contribution in [0.15, 0.2) is 5.16 Å². The molecule has 1 fully saturated rings. The van der Waals surface area contributed by atoms with Crippen LogP contribution in [0.2, 0.25) is 0 Å². The molecule has 4 nitrogen and oxygen atoms in total. The fourth-order valence-corrected chi connectivity index (χ4v) is 2.14. The molecule has 0 aromatic heterocycles. The first kappa shape index (κ1) is 12.3. The van der Waals surface area contributed by atoms with Gasteiger partial charge in [-0.2, -0.15) is 0 Å². The third-order valence-electron chi connectivity index (χ3n) is 3.15. The van der Waals surface area contributed by atoms with Crippen molar-refractivity contribution >= 4 is 5.84 Å². The Balaban J connectivity index is 2.15. The van der Waals surface area contributed by atoms with Gasteiger partial charge in [-0.15, -0.1) is 0 Å². The molecule has 4 heteroatoms. The zero-order valence-corrected chi connectivity index (χ0v) is 9.48. The minimum atomic E-state index is 0.248. The predicted octanol–water partition coefficient (Wildman–Crippen LogP) is 2.11. The Hall–Kier alpha value is -0.770. The fraction of sp³-hybridized carbons (Fsp3) is 0.909. The van der Waals surface area contributed by atoms with Crippen molar-refractivity contribution in [3.63, 3.8) is 0 Å². The summed E-state index contributed by atoms with van der Waals surface area (Å²) in [5, 5.41) is 11.3. The first-order chi connectivity index (χ1) is 7.26. The van der Waals surface area contributed by atoms with Gasteiger partial charge in [-0.25, -0.2) is 0 Å². The molecule has 1 rings (SSSR count). The van der Waals surface area contributed by atoms with Gasteiger partial charge in [-0.1, -0.05) is 31.3 Å². The Kier molecular flexibility index (Phi) is 5.47. The number of nitrogens with zero attached hydrogens (tertiary/aromatic N) is 1. The number of hydrogen-bond acceptors (Lipinski definition) is 3. The van der Waals surface area contributed by atoms with Crippen LogP contribution in [-0.4, -0.2) is 23.8 Å². The molecule has 0 heterocycles. The molecule has 1 aliphatic rings. The van der Waals surface area contributed by atoms with E-state index in [4.69, 9.17) is 15.7 Å². The van der Waals surface area contributed by atoms with E-state index in [0.29, 0.717) is 19.1 Å². The quantitative estimate of drug-likeness (QED) is 0.319. The average Bonchev–Trinajstić information content (AvgIpc) is 2.29. The van der Waals surface area contributed by atoms with Crippen molar-refractivity contribution in [3.05, 3.63) is 0 Å². The molecule has 0 saturated heterocycles. The van der Waals surface area contributed by atoms with E-state index >= 15 is 0 Å². The Morgan fingerprint density at radius 3 is 3.00 bits per heavy atom. The highest BCUT2D eigenvalue weighted by Gasteiger charge is 2.20. The number of rotatable bonds is 5. The van der Waals surface area contributed by atoms with Crippen LogP contribution in [0.5, 0.6) is 0 Å². The summed E-state index contributed by atoms with van der Waals surface area (Å²) < 4.78 is 5.72. The Morgan fingerprint density at radius 2 is 2.33 bits per heavy atom. The van der Waals surface area contributed by atoms with Gasteiger partial charge in [0.05, 0.1) is 12.7 Å². The van der Waals surface area contributed by atoms with Crippen LogP contribution in [0, 0.1) is 5.92 Å². The van der Waals surface area contributed by atoms with Crippen molar-refractivity contribution < 1.29 is 9.94 Å². The normalized spacial score (nSPS) is 27.9. The smallest absolute Gasteiger partial charge is 0.141 e. The van der Waals surface area contributed by atoms with Crippen molar-refractivity contribution in [1.29, 1.82) is 0 Å². The van der Waals surface area contributed by atoms with E-state index in [9.17, 15) is 0 Å². The van der Waals surface area contributed by atoms with Crippen LogP contribution in [0.3, 0.4) is 0 Å². The van der Waals surface area contributed by atoms with Crippen LogP contribution < -0.4 is 5.73 Å². The number of hydrogen-bond donors (Lipinski definition) is 2. The maximum atomic E-state index is 8.36. The molecule has 0 bridgehead atoms. The summed E-state index contributed by atoms with van der Waals surface area (Å²) in [6.07, 6.45) is 7.10. The van der Waals surface area contributed by atoms with E-state index in [1.54, 1.807) is 0 Å². The third-order valence-corrected chi connectivity index (χ3v) is 3.15. The molecule has 0 spiro atoms. The lowest BCUT2D eigenvalue weighted by atomic mass is 9.85. The van der Waals surface area contributed by atoms with E-state index in [-0.39, 0.29) is 5.84 Å². The molecule has 2 atom stereocenters. The van der Waals surface area contributed by atoms with Gasteiger partial charge in [-0.05, 0) is 18.8 Å². The summed E-state index contributed by atoms with van der Waals surface area (Å²) in [7, 11) is 0. The minimum absolute atomic E-state index is 0.248. The average molecular weight is 214 g/mol. The molecule has 0 aromatic rings. The molecule has 0 aromatic carbocycles. The summed E-state index contributed by atoms with van der Waals surface area (Å²) in [6, 6.07) is 0. The lowest BCUT2D eigenvalue weighted by molar-refractivity contribution is 0.0160. The third kappa shape index (κ3) is 4.51. The Bertz CT molecular complexity index is 207. The van der Waals surface area contributed by atoms with Crippen LogP contribution in [0.1, 0.15) is 45.4 Å². The molecule has 15 heavy (non-hydrogen) atoms. The van der Waals surface area contributed by atoms with E-state index in [1.807, 2.05) is 0 Å². The Labute approximate surface area is 91.5 Å². The first-order valence-electron chi connectivity index (χ1n) is 5.84. The second-order valence-electron chi connectivity index (χ2n) is 4.28. The lowest BCUT2D eigenvalue weighted by Crippen LogP contribution is -2.24. The number of nitrogens with two attached hydrogens (primary N) is 1. The molecule has 0 amide bonds. The second kappa shape index (κ2) is 6.67. The van der Waals surface area contributed by atoms with Crippen LogP contribution in [0.4, 0.5) is 0 Å². The molecular formula is C11H22N2O2. The fourth-order valence-electron chi connectivity index (χ4n) is 2.14.